The molecule has 24 heavy (non-hydrogen) atoms. The summed E-state index contributed by atoms with van der Waals surface area (Å²) in [5, 5.41) is 10.5. The molecule has 0 radical (unpaired) electrons. The molecule has 1 N–H and O–H groups in total. The summed E-state index contributed by atoms with van der Waals surface area (Å²) in [6.07, 6.45) is 3.93. The second-order valence-electron chi connectivity index (χ2n) is 5.88. The fourth-order valence-electron chi connectivity index (χ4n) is 2.65. The molecule has 2 aromatic rings. The van der Waals surface area contributed by atoms with Crippen molar-refractivity contribution < 1.29 is 18.3 Å². The molecule has 8 heteroatoms. The number of hydrogen-bond acceptors (Lipinski definition) is 7. The number of aliphatic hydroxyl groups is 1. The first-order chi connectivity index (χ1) is 11.3. The van der Waals surface area contributed by atoms with Gasteiger partial charge in [0, 0.05) is 24.9 Å². The lowest BCUT2D eigenvalue weighted by Crippen LogP contribution is -2.38. The van der Waals surface area contributed by atoms with Crippen LogP contribution in [0.3, 0.4) is 0 Å². The SMILES string of the molecule is CS(=O)(=O)c1cccc(C(=O)c2cnc(N3CCC[C@@H](O)C3)s2)c1. The summed E-state index contributed by atoms with van der Waals surface area (Å²) in [6, 6.07) is 6.02. The number of hydrogen-bond donors (Lipinski definition) is 1. The summed E-state index contributed by atoms with van der Waals surface area (Å²) in [7, 11) is -3.36. The fraction of sp³-hybridized carbons (Fsp3) is 0.375. The van der Waals surface area contributed by atoms with Crippen molar-refractivity contribution in [3.05, 3.63) is 40.9 Å². The van der Waals surface area contributed by atoms with Gasteiger partial charge in [-0.1, -0.05) is 23.5 Å². The number of aliphatic hydroxyl groups excluding tert-OH is 1. The quantitative estimate of drug-likeness (QED) is 0.830. The normalized spacial score (nSPS) is 18.6. The molecule has 0 spiro atoms. The Labute approximate surface area is 144 Å². The zero-order valence-corrected chi connectivity index (χ0v) is 14.8. The maximum atomic E-state index is 12.6. The molecular formula is C16H18N2O4S2. The number of carbonyl (C=O) groups excluding carboxylic acids is 1. The van der Waals surface area contributed by atoms with E-state index < -0.39 is 9.84 Å². The maximum absolute atomic E-state index is 12.6. The molecule has 1 aliphatic heterocycles. The number of benzene rings is 1. The molecule has 0 saturated carbocycles. The molecule has 1 aromatic carbocycles. The minimum Gasteiger partial charge on any atom is -0.391 e. The lowest BCUT2D eigenvalue weighted by atomic mass is 10.1. The van der Waals surface area contributed by atoms with Gasteiger partial charge in [0.15, 0.2) is 15.0 Å². The monoisotopic (exact) mass is 366 g/mol. The van der Waals surface area contributed by atoms with Gasteiger partial charge < -0.3 is 10.0 Å². The largest absolute Gasteiger partial charge is 0.391 e. The molecule has 3 rings (SSSR count). The lowest BCUT2D eigenvalue weighted by molar-refractivity contribution is 0.104. The molecule has 128 valence electrons. The van der Waals surface area contributed by atoms with Gasteiger partial charge in [-0.3, -0.25) is 4.79 Å². The molecule has 1 aromatic heterocycles. The van der Waals surface area contributed by atoms with E-state index in [9.17, 15) is 18.3 Å². The van der Waals surface area contributed by atoms with Gasteiger partial charge in [-0.15, -0.1) is 0 Å². The molecule has 1 saturated heterocycles. The highest BCUT2D eigenvalue weighted by atomic mass is 32.2. The summed E-state index contributed by atoms with van der Waals surface area (Å²) in [4.78, 5) is 19.4. The van der Waals surface area contributed by atoms with Crippen molar-refractivity contribution in [2.24, 2.45) is 0 Å². The number of β-amino-alcohol motifs (C(OH)–C–C–N with tert-alkyl or cyclic N) is 1. The number of rotatable bonds is 4. The molecular weight excluding hydrogens is 348 g/mol. The first kappa shape index (κ1) is 17.1. The predicted octanol–water partition coefficient (Wildman–Crippen LogP) is 1.74. The minimum absolute atomic E-state index is 0.122. The molecule has 6 nitrogen and oxygen atoms in total. The van der Waals surface area contributed by atoms with E-state index in [0.717, 1.165) is 25.6 Å². The molecule has 0 bridgehead atoms. The molecule has 2 heterocycles. The average molecular weight is 366 g/mol. The van der Waals surface area contributed by atoms with Gasteiger partial charge in [0.1, 0.15) is 0 Å². The zero-order valence-electron chi connectivity index (χ0n) is 13.2. The van der Waals surface area contributed by atoms with Gasteiger partial charge in [-0.2, -0.15) is 0 Å². The van der Waals surface area contributed by atoms with Gasteiger partial charge in [0.2, 0.25) is 5.78 Å². The molecule has 1 fully saturated rings. The van der Waals surface area contributed by atoms with Crippen molar-refractivity contribution in [3.63, 3.8) is 0 Å². The van der Waals surface area contributed by atoms with Gasteiger partial charge in [0.25, 0.3) is 0 Å². The van der Waals surface area contributed by atoms with E-state index in [1.807, 2.05) is 4.90 Å². The lowest BCUT2D eigenvalue weighted by Gasteiger charge is -2.29. The molecule has 0 unspecified atom stereocenters. The molecule has 1 aliphatic rings. The third kappa shape index (κ3) is 3.66. The van der Waals surface area contributed by atoms with E-state index in [-0.39, 0.29) is 16.8 Å². The van der Waals surface area contributed by atoms with Gasteiger partial charge >= 0.3 is 0 Å². The third-order valence-corrected chi connectivity index (χ3v) is 6.08. The van der Waals surface area contributed by atoms with Crippen LogP contribution < -0.4 is 4.90 Å². The average Bonchev–Trinajstić information content (AvgIpc) is 3.03. The van der Waals surface area contributed by atoms with Crippen molar-refractivity contribution in [2.45, 2.75) is 23.8 Å². The number of ketones is 1. The van der Waals surface area contributed by atoms with Crippen molar-refractivity contribution in [1.29, 1.82) is 0 Å². The van der Waals surface area contributed by atoms with Crippen LogP contribution in [0.1, 0.15) is 28.1 Å². The van der Waals surface area contributed by atoms with E-state index in [1.54, 1.807) is 12.1 Å². The number of thiazole rings is 1. The van der Waals surface area contributed by atoms with Crippen molar-refractivity contribution in [2.75, 3.05) is 24.2 Å². The van der Waals surface area contributed by atoms with E-state index >= 15 is 0 Å². The number of nitrogens with zero attached hydrogens (tertiary/aromatic N) is 2. The number of sulfone groups is 1. The van der Waals surface area contributed by atoms with Crippen LogP contribution in [-0.4, -0.2) is 49.7 Å². The molecule has 1 atom stereocenters. The van der Waals surface area contributed by atoms with E-state index in [2.05, 4.69) is 4.98 Å². The van der Waals surface area contributed by atoms with E-state index in [0.29, 0.717) is 22.1 Å². The van der Waals surface area contributed by atoms with Crippen LogP contribution in [0.15, 0.2) is 35.4 Å². The van der Waals surface area contributed by atoms with E-state index in [4.69, 9.17) is 0 Å². The van der Waals surface area contributed by atoms with Crippen molar-refractivity contribution in [1.82, 2.24) is 4.98 Å². The summed E-state index contributed by atoms with van der Waals surface area (Å²) >= 11 is 1.26. The van der Waals surface area contributed by atoms with Gasteiger partial charge in [-0.05, 0) is 25.0 Å². The standard InChI is InChI=1S/C16H18N2O4S2/c1-24(21,22)13-6-2-4-11(8-13)15(20)14-9-17-16(23-14)18-7-3-5-12(19)10-18/h2,4,6,8-9,12,19H,3,5,7,10H2,1H3/t12-/m1/s1. The summed E-state index contributed by atoms with van der Waals surface area (Å²) in [6.45, 7) is 1.33. The number of anilines is 1. The Balaban J connectivity index is 1.84. The molecule has 0 amide bonds. The van der Waals surface area contributed by atoms with Crippen LogP contribution in [0.5, 0.6) is 0 Å². The summed E-state index contributed by atoms with van der Waals surface area (Å²) in [5.74, 6) is -0.248. The van der Waals surface area contributed by atoms with Crippen LogP contribution in [0.2, 0.25) is 0 Å². The van der Waals surface area contributed by atoms with Crippen LogP contribution >= 0.6 is 11.3 Å². The number of piperidine rings is 1. The molecule has 0 aliphatic carbocycles. The Morgan fingerprint density at radius 1 is 1.42 bits per heavy atom. The van der Waals surface area contributed by atoms with Crippen LogP contribution in [0.4, 0.5) is 5.13 Å². The Morgan fingerprint density at radius 2 is 2.21 bits per heavy atom. The van der Waals surface area contributed by atoms with E-state index in [1.165, 1.54) is 29.7 Å². The minimum atomic E-state index is -3.36. The highest BCUT2D eigenvalue weighted by Gasteiger charge is 2.22. The maximum Gasteiger partial charge on any atom is 0.204 e. The highest BCUT2D eigenvalue weighted by molar-refractivity contribution is 7.90. The Morgan fingerprint density at radius 3 is 2.92 bits per heavy atom. The third-order valence-electron chi connectivity index (χ3n) is 3.91. The number of carbonyl (C=O) groups is 1. The zero-order chi connectivity index (χ0) is 17.3. The van der Waals surface area contributed by atoms with Gasteiger partial charge in [-0.25, -0.2) is 13.4 Å². The van der Waals surface area contributed by atoms with Crippen LogP contribution in [0, 0.1) is 0 Å². The first-order valence-electron chi connectivity index (χ1n) is 7.58. The summed E-state index contributed by atoms with van der Waals surface area (Å²) < 4.78 is 23.3. The fourth-order valence-corrected chi connectivity index (χ4v) is 4.23. The smallest absolute Gasteiger partial charge is 0.204 e. The van der Waals surface area contributed by atoms with Gasteiger partial charge in [0.05, 0.1) is 22.1 Å². The second-order valence-corrected chi connectivity index (χ2v) is 8.90. The second kappa shape index (κ2) is 6.62. The number of aromatic nitrogens is 1. The van der Waals surface area contributed by atoms with Crippen LogP contribution in [0.25, 0.3) is 0 Å². The Bertz CT molecular complexity index is 860. The highest BCUT2D eigenvalue weighted by Crippen LogP contribution is 2.27. The Kier molecular flexibility index (Phi) is 4.71. The summed E-state index contributed by atoms with van der Waals surface area (Å²) in [5.41, 5.74) is 0.326. The Hall–Kier alpha value is -1.77. The van der Waals surface area contributed by atoms with Crippen molar-refractivity contribution in [3.8, 4) is 0 Å². The van der Waals surface area contributed by atoms with Crippen LogP contribution in [-0.2, 0) is 9.84 Å². The first-order valence-corrected chi connectivity index (χ1v) is 10.3. The van der Waals surface area contributed by atoms with Crippen molar-refractivity contribution >= 4 is 32.1 Å². The topological polar surface area (TPSA) is 87.6 Å². The predicted molar refractivity (Wildman–Crippen MR) is 92.6 cm³/mol.